The van der Waals surface area contributed by atoms with Gasteiger partial charge in [-0.3, -0.25) is 14.2 Å². The van der Waals surface area contributed by atoms with Gasteiger partial charge < -0.3 is 9.84 Å². The second-order valence-corrected chi connectivity index (χ2v) is 12.4. The number of piperidine rings is 1. The SMILES string of the molecule is COc1ccc(S(=O)(=O)N(c2ccc(Cl)cc2)C2CCN([C@@H]3CCCC[C@]3(O)c3cccnc3)CC2)cc1. The van der Waals surface area contributed by atoms with Crippen molar-refractivity contribution in [2.45, 2.75) is 61.1 Å². The third-order valence-electron chi connectivity index (χ3n) is 7.97. The lowest BCUT2D eigenvalue weighted by molar-refractivity contribution is -0.0851. The molecule has 1 saturated carbocycles. The van der Waals surface area contributed by atoms with E-state index in [1.165, 1.54) is 0 Å². The van der Waals surface area contributed by atoms with Gasteiger partial charge in [-0.25, -0.2) is 8.42 Å². The van der Waals surface area contributed by atoms with Crippen molar-refractivity contribution in [3.8, 4) is 5.75 Å². The van der Waals surface area contributed by atoms with Crippen molar-refractivity contribution in [2.24, 2.45) is 0 Å². The maximum Gasteiger partial charge on any atom is 0.264 e. The molecule has 0 radical (unpaired) electrons. The molecule has 2 fully saturated rings. The van der Waals surface area contributed by atoms with Gasteiger partial charge in [-0.05, 0) is 80.3 Å². The molecule has 1 aliphatic heterocycles. The van der Waals surface area contributed by atoms with E-state index in [4.69, 9.17) is 16.3 Å². The fraction of sp³-hybridized carbons (Fsp3) is 0.414. The fourth-order valence-corrected chi connectivity index (χ4v) is 7.84. The normalized spacial score (nSPS) is 23.2. The number of ether oxygens (including phenoxy) is 1. The van der Waals surface area contributed by atoms with Gasteiger partial charge in [0.25, 0.3) is 10.0 Å². The summed E-state index contributed by atoms with van der Waals surface area (Å²) in [4.78, 5) is 6.82. The van der Waals surface area contributed by atoms with Crippen molar-refractivity contribution < 1.29 is 18.3 Å². The molecule has 2 aliphatic rings. The molecule has 1 saturated heterocycles. The van der Waals surface area contributed by atoms with Crippen LogP contribution in [0.15, 0.2) is 78.0 Å². The number of pyridine rings is 1. The number of aromatic nitrogens is 1. The molecule has 38 heavy (non-hydrogen) atoms. The minimum absolute atomic E-state index is 0.0245. The molecule has 2 heterocycles. The summed E-state index contributed by atoms with van der Waals surface area (Å²) in [5.41, 5.74) is 0.495. The molecule has 0 bridgehead atoms. The van der Waals surface area contributed by atoms with Gasteiger partial charge in [0.2, 0.25) is 0 Å². The number of hydrogen-bond donors (Lipinski definition) is 1. The van der Waals surface area contributed by atoms with E-state index in [9.17, 15) is 13.5 Å². The first kappa shape index (κ1) is 26.9. The van der Waals surface area contributed by atoms with E-state index in [0.717, 1.165) is 24.8 Å². The molecule has 1 N–H and O–H groups in total. The van der Waals surface area contributed by atoms with E-state index >= 15 is 0 Å². The van der Waals surface area contributed by atoms with E-state index in [1.807, 2.05) is 12.1 Å². The van der Waals surface area contributed by atoms with Gasteiger partial charge >= 0.3 is 0 Å². The molecule has 2 atom stereocenters. The highest BCUT2D eigenvalue weighted by molar-refractivity contribution is 7.92. The molecule has 0 unspecified atom stereocenters. The van der Waals surface area contributed by atoms with E-state index in [0.29, 0.717) is 48.8 Å². The Morgan fingerprint density at radius 1 is 1.03 bits per heavy atom. The smallest absolute Gasteiger partial charge is 0.264 e. The second kappa shape index (κ2) is 11.2. The number of anilines is 1. The molecule has 202 valence electrons. The molecule has 2 aromatic carbocycles. The van der Waals surface area contributed by atoms with Crippen LogP contribution in [0.3, 0.4) is 0 Å². The van der Waals surface area contributed by atoms with Crippen LogP contribution in [-0.4, -0.2) is 55.7 Å². The maximum atomic E-state index is 14.0. The number of hydrogen-bond acceptors (Lipinski definition) is 6. The van der Waals surface area contributed by atoms with E-state index in [1.54, 1.807) is 72.3 Å². The number of likely N-dealkylation sites (tertiary alicyclic amines) is 1. The van der Waals surface area contributed by atoms with Crippen LogP contribution in [-0.2, 0) is 15.6 Å². The number of methoxy groups -OCH3 is 1. The first-order valence-electron chi connectivity index (χ1n) is 13.1. The summed E-state index contributed by atoms with van der Waals surface area (Å²) >= 11 is 6.13. The number of rotatable bonds is 7. The number of aliphatic hydroxyl groups is 1. The standard InChI is InChI=1S/C29H34ClN3O4S/c1-37-26-11-13-27(14-12-26)38(35,36)33(24-9-7-23(30)8-10-24)25-15-19-32(20-16-25)28-6-2-3-17-29(28,34)22-5-4-18-31-21-22/h4-5,7-14,18,21,25,28,34H,2-3,6,15-17,19-20H2,1H3/t28-,29+/m1/s1. The lowest BCUT2D eigenvalue weighted by Crippen LogP contribution is -2.57. The molecule has 0 amide bonds. The summed E-state index contributed by atoms with van der Waals surface area (Å²) in [5.74, 6) is 0.601. The summed E-state index contributed by atoms with van der Waals surface area (Å²) in [5, 5.41) is 12.4. The summed E-state index contributed by atoms with van der Waals surface area (Å²) in [6.45, 7) is 1.39. The first-order chi connectivity index (χ1) is 18.3. The highest BCUT2D eigenvalue weighted by Gasteiger charge is 2.45. The lowest BCUT2D eigenvalue weighted by Gasteiger charge is -2.49. The van der Waals surface area contributed by atoms with E-state index in [2.05, 4.69) is 9.88 Å². The average molecular weight is 556 g/mol. The van der Waals surface area contributed by atoms with Crippen LogP contribution >= 0.6 is 11.6 Å². The maximum absolute atomic E-state index is 14.0. The van der Waals surface area contributed by atoms with Gasteiger partial charge in [-0.15, -0.1) is 0 Å². The molecule has 7 nitrogen and oxygen atoms in total. The summed E-state index contributed by atoms with van der Waals surface area (Å²) in [6, 6.07) is 17.0. The Labute approximate surface area is 230 Å². The molecule has 9 heteroatoms. The highest BCUT2D eigenvalue weighted by Crippen LogP contribution is 2.41. The number of nitrogens with zero attached hydrogens (tertiary/aromatic N) is 3. The lowest BCUT2D eigenvalue weighted by atomic mass is 9.75. The van der Waals surface area contributed by atoms with Gasteiger partial charge in [-0.2, -0.15) is 0 Å². The van der Waals surface area contributed by atoms with Crippen LogP contribution in [0.25, 0.3) is 0 Å². The van der Waals surface area contributed by atoms with Crippen molar-refractivity contribution in [1.29, 1.82) is 0 Å². The Morgan fingerprint density at radius 2 is 1.74 bits per heavy atom. The third kappa shape index (κ3) is 5.27. The van der Waals surface area contributed by atoms with E-state index < -0.39 is 15.6 Å². The average Bonchev–Trinajstić information content (AvgIpc) is 2.95. The first-order valence-corrected chi connectivity index (χ1v) is 15.0. The van der Waals surface area contributed by atoms with Gasteiger partial charge in [0.15, 0.2) is 0 Å². The van der Waals surface area contributed by atoms with Crippen LogP contribution in [0, 0.1) is 0 Å². The Morgan fingerprint density at radius 3 is 2.37 bits per heavy atom. The van der Waals surface area contributed by atoms with Gasteiger partial charge in [-0.1, -0.05) is 30.5 Å². The molecular formula is C29H34ClN3O4S. The molecule has 3 aromatic rings. The largest absolute Gasteiger partial charge is 0.497 e. The van der Waals surface area contributed by atoms with Crippen molar-refractivity contribution in [3.05, 3.63) is 83.6 Å². The van der Waals surface area contributed by atoms with Crippen LogP contribution in [0.1, 0.15) is 44.1 Å². The Bertz CT molecular complexity index is 1310. The van der Waals surface area contributed by atoms with Crippen molar-refractivity contribution in [1.82, 2.24) is 9.88 Å². The van der Waals surface area contributed by atoms with Crippen LogP contribution in [0.5, 0.6) is 5.75 Å². The van der Waals surface area contributed by atoms with Crippen LogP contribution in [0.4, 0.5) is 5.69 Å². The van der Waals surface area contributed by atoms with Crippen molar-refractivity contribution in [2.75, 3.05) is 24.5 Å². The van der Waals surface area contributed by atoms with E-state index in [-0.39, 0.29) is 17.0 Å². The molecule has 5 rings (SSSR count). The monoisotopic (exact) mass is 555 g/mol. The minimum Gasteiger partial charge on any atom is -0.497 e. The third-order valence-corrected chi connectivity index (χ3v) is 10.1. The Kier molecular flexibility index (Phi) is 7.95. The van der Waals surface area contributed by atoms with Crippen LogP contribution < -0.4 is 9.04 Å². The predicted octanol–water partition coefficient (Wildman–Crippen LogP) is 5.23. The Hall–Kier alpha value is -2.65. The molecule has 1 aliphatic carbocycles. The van der Waals surface area contributed by atoms with Crippen molar-refractivity contribution >= 4 is 27.3 Å². The van der Waals surface area contributed by atoms with Crippen molar-refractivity contribution in [3.63, 3.8) is 0 Å². The molecule has 1 aromatic heterocycles. The summed E-state index contributed by atoms with van der Waals surface area (Å²) in [6.07, 6.45) is 8.45. The van der Waals surface area contributed by atoms with Gasteiger partial charge in [0.05, 0.1) is 17.7 Å². The zero-order chi connectivity index (χ0) is 26.8. The van der Waals surface area contributed by atoms with Gasteiger partial charge in [0, 0.05) is 48.2 Å². The fourth-order valence-electron chi connectivity index (χ4n) is 6.00. The van der Waals surface area contributed by atoms with Gasteiger partial charge in [0.1, 0.15) is 11.4 Å². The quantitative estimate of drug-likeness (QED) is 0.429. The molecular weight excluding hydrogens is 522 g/mol. The minimum atomic E-state index is -3.84. The number of halogens is 1. The number of benzene rings is 2. The number of sulfonamides is 1. The zero-order valence-corrected chi connectivity index (χ0v) is 23.1. The second-order valence-electron chi connectivity index (χ2n) is 10.1. The Balaban J connectivity index is 1.41. The highest BCUT2D eigenvalue weighted by atomic mass is 35.5. The predicted molar refractivity (Wildman–Crippen MR) is 149 cm³/mol. The topological polar surface area (TPSA) is 83.0 Å². The molecule has 0 spiro atoms. The van der Waals surface area contributed by atoms with Crippen LogP contribution in [0.2, 0.25) is 5.02 Å². The summed E-state index contributed by atoms with van der Waals surface area (Å²) < 4.78 is 34.7. The summed E-state index contributed by atoms with van der Waals surface area (Å²) in [7, 11) is -2.29. The zero-order valence-electron chi connectivity index (χ0n) is 21.5.